The van der Waals surface area contributed by atoms with Crippen molar-refractivity contribution >= 4 is 23.5 Å². The second-order valence-electron chi connectivity index (χ2n) is 3.78. The predicted molar refractivity (Wildman–Crippen MR) is 72.2 cm³/mol. The minimum Gasteiger partial charge on any atom is -0.481 e. The lowest BCUT2D eigenvalue weighted by Gasteiger charge is -2.14. The number of hydrogen-bond donors (Lipinski definition) is 1. The van der Waals surface area contributed by atoms with Gasteiger partial charge in [-0.25, -0.2) is 9.97 Å². The lowest BCUT2D eigenvalue weighted by atomic mass is 10.3. The van der Waals surface area contributed by atoms with Crippen molar-refractivity contribution in [1.82, 2.24) is 9.97 Å². The molecule has 0 saturated heterocycles. The smallest absolute Gasteiger partial charge is 0.267 e. The first-order chi connectivity index (χ1) is 9.15. The van der Waals surface area contributed by atoms with E-state index in [0.29, 0.717) is 10.8 Å². The van der Waals surface area contributed by atoms with Crippen LogP contribution in [0.15, 0.2) is 42.7 Å². The Morgan fingerprint density at radius 1 is 1.32 bits per heavy atom. The highest BCUT2D eigenvalue weighted by atomic mass is 35.5. The molecule has 0 aliphatic rings. The minimum absolute atomic E-state index is 0.244. The summed E-state index contributed by atoms with van der Waals surface area (Å²) < 4.78 is 5.48. The van der Waals surface area contributed by atoms with Crippen LogP contribution in [0, 0.1) is 0 Å². The summed E-state index contributed by atoms with van der Waals surface area (Å²) in [5.41, 5.74) is 0. The fraction of sp³-hybridized carbons (Fsp3) is 0.154. The lowest BCUT2D eigenvalue weighted by Crippen LogP contribution is -2.30. The van der Waals surface area contributed by atoms with Gasteiger partial charge in [0, 0.05) is 17.4 Å². The Hall–Kier alpha value is -2.14. The van der Waals surface area contributed by atoms with Gasteiger partial charge in [0.2, 0.25) is 5.95 Å². The van der Waals surface area contributed by atoms with Gasteiger partial charge < -0.3 is 4.74 Å². The highest BCUT2D eigenvalue weighted by molar-refractivity contribution is 6.30. The minimum atomic E-state index is -0.678. The van der Waals surface area contributed by atoms with E-state index in [2.05, 4.69) is 15.3 Å². The van der Waals surface area contributed by atoms with Gasteiger partial charge >= 0.3 is 0 Å². The number of rotatable bonds is 4. The number of carbonyl (C=O) groups excluding carboxylic acids is 1. The van der Waals surface area contributed by atoms with Gasteiger partial charge in [-0.05, 0) is 31.2 Å². The van der Waals surface area contributed by atoms with Crippen LogP contribution in [0.1, 0.15) is 6.92 Å². The van der Waals surface area contributed by atoms with Crippen LogP contribution in [0.25, 0.3) is 0 Å². The van der Waals surface area contributed by atoms with Gasteiger partial charge in [-0.2, -0.15) is 0 Å². The average Bonchev–Trinajstić information content (AvgIpc) is 2.40. The Morgan fingerprint density at radius 3 is 2.74 bits per heavy atom. The Bertz CT molecular complexity index is 563. The Kier molecular flexibility index (Phi) is 4.30. The average molecular weight is 278 g/mol. The van der Waals surface area contributed by atoms with Crippen molar-refractivity contribution in [3.05, 3.63) is 47.7 Å². The number of nitrogens with zero attached hydrogens (tertiary/aromatic N) is 2. The van der Waals surface area contributed by atoms with Crippen molar-refractivity contribution in [3.8, 4) is 5.75 Å². The maximum absolute atomic E-state index is 11.9. The van der Waals surface area contributed by atoms with Crippen molar-refractivity contribution in [3.63, 3.8) is 0 Å². The van der Waals surface area contributed by atoms with E-state index in [4.69, 9.17) is 16.3 Å². The number of hydrogen-bond acceptors (Lipinski definition) is 4. The standard InChI is InChI=1S/C13H12ClN3O2/c1-9(19-11-5-2-4-10(14)8-11)12(18)17-13-15-6-3-7-16-13/h2-9H,1H3,(H,15,16,17,18)/t9-/m1/s1. The number of nitrogens with one attached hydrogen (secondary N) is 1. The molecule has 0 bridgehead atoms. The molecule has 0 unspecified atom stereocenters. The summed E-state index contributed by atoms with van der Waals surface area (Å²) in [6, 6.07) is 8.53. The van der Waals surface area contributed by atoms with Crippen molar-refractivity contribution in [2.45, 2.75) is 13.0 Å². The number of aromatic nitrogens is 2. The molecule has 0 aliphatic heterocycles. The normalized spacial score (nSPS) is 11.7. The third-order valence-corrected chi connectivity index (χ3v) is 2.51. The van der Waals surface area contributed by atoms with Crippen LogP contribution < -0.4 is 10.1 Å². The SMILES string of the molecule is C[C@@H](Oc1cccc(Cl)c1)C(=O)Nc1ncccn1. The molecule has 0 fully saturated rings. The van der Waals surface area contributed by atoms with Gasteiger partial charge in [-0.15, -0.1) is 0 Å². The predicted octanol–water partition coefficient (Wildman–Crippen LogP) is 2.54. The number of amides is 1. The molecule has 0 spiro atoms. The molecule has 1 amide bonds. The molecule has 2 rings (SSSR count). The van der Waals surface area contributed by atoms with Gasteiger partial charge in [-0.3, -0.25) is 10.1 Å². The Morgan fingerprint density at radius 2 is 2.05 bits per heavy atom. The Balaban J connectivity index is 1.96. The molecule has 1 aromatic heterocycles. The van der Waals surface area contributed by atoms with Crippen molar-refractivity contribution in [2.24, 2.45) is 0 Å². The second kappa shape index (κ2) is 6.15. The molecule has 5 nitrogen and oxygen atoms in total. The van der Waals surface area contributed by atoms with E-state index in [1.807, 2.05) is 0 Å². The highest BCUT2D eigenvalue weighted by Gasteiger charge is 2.15. The quantitative estimate of drug-likeness (QED) is 0.933. The monoisotopic (exact) mass is 277 g/mol. The number of anilines is 1. The van der Waals surface area contributed by atoms with Crippen LogP contribution in [-0.2, 0) is 4.79 Å². The van der Waals surface area contributed by atoms with Crippen LogP contribution in [0.2, 0.25) is 5.02 Å². The summed E-state index contributed by atoms with van der Waals surface area (Å²) >= 11 is 5.84. The second-order valence-corrected chi connectivity index (χ2v) is 4.22. The molecule has 1 heterocycles. The molecule has 1 atom stereocenters. The molecule has 0 saturated carbocycles. The zero-order valence-electron chi connectivity index (χ0n) is 10.2. The zero-order chi connectivity index (χ0) is 13.7. The van der Waals surface area contributed by atoms with E-state index < -0.39 is 6.10 Å². The number of ether oxygens (including phenoxy) is 1. The first kappa shape index (κ1) is 13.3. The topological polar surface area (TPSA) is 64.1 Å². The fourth-order valence-electron chi connectivity index (χ4n) is 1.37. The Labute approximate surface area is 115 Å². The van der Waals surface area contributed by atoms with Crippen LogP contribution >= 0.6 is 11.6 Å². The number of carbonyl (C=O) groups is 1. The van der Waals surface area contributed by atoms with Crippen molar-refractivity contribution < 1.29 is 9.53 Å². The number of benzene rings is 1. The molecule has 1 aromatic carbocycles. The van der Waals surface area contributed by atoms with E-state index in [1.54, 1.807) is 49.6 Å². The third-order valence-electron chi connectivity index (χ3n) is 2.28. The maximum atomic E-state index is 11.9. The van der Waals surface area contributed by atoms with Crippen molar-refractivity contribution in [1.29, 1.82) is 0 Å². The third kappa shape index (κ3) is 3.93. The van der Waals surface area contributed by atoms with E-state index in [9.17, 15) is 4.79 Å². The number of halogens is 1. The molecule has 19 heavy (non-hydrogen) atoms. The molecule has 1 N–H and O–H groups in total. The molecule has 6 heteroatoms. The summed E-state index contributed by atoms with van der Waals surface area (Å²) in [5, 5.41) is 3.11. The van der Waals surface area contributed by atoms with Crippen LogP contribution in [0.5, 0.6) is 5.75 Å². The summed E-state index contributed by atoms with van der Waals surface area (Å²) in [5.74, 6) is 0.448. The first-order valence-electron chi connectivity index (χ1n) is 5.65. The summed E-state index contributed by atoms with van der Waals surface area (Å²) in [6.45, 7) is 1.64. The van der Waals surface area contributed by atoms with Crippen LogP contribution in [0.4, 0.5) is 5.95 Å². The maximum Gasteiger partial charge on any atom is 0.267 e. The van der Waals surface area contributed by atoms with Gasteiger partial charge in [-0.1, -0.05) is 17.7 Å². The fourth-order valence-corrected chi connectivity index (χ4v) is 1.55. The molecular weight excluding hydrogens is 266 g/mol. The largest absolute Gasteiger partial charge is 0.481 e. The van der Waals surface area contributed by atoms with E-state index >= 15 is 0 Å². The molecule has 98 valence electrons. The molecule has 0 aliphatic carbocycles. The van der Waals surface area contributed by atoms with E-state index in [1.165, 1.54) is 0 Å². The van der Waals surface area contributed by atoms with Crippen LogP contribution in [0.3, 0.4) is 0 Å². The first-order valence-corrected chi connectivity index (χ1v) is 6.03. The summed E-state index contributed by atoms with van der Waals surface area (Å²) in [6.07, 6.45) is 2.42. The van der Waals surface area contributed by atoms with E-state index in [-0.39, 0.29) is 11.9 Å². The van der Waals surface area contributed by atoms with Gasteiger partial charge in [0.25, 0.3) is 5.91 Å². The highest BCUT2D eigenvalue weighted by Crippen LogP contribution is 2.18. The van der Waals surface area contributed by atoms with Gasteiger partial charge in [0.05, 0.1) is 0 Å². The van der Waals surface area contributed by atoms with Crippen molar-refractivity contribution in [2.75, 3.05) is 5.32 Å². The molecular formula is C13H12ClN3O2. The van der Waals surface area contributed by atoms with E-state index in [0.717, 1.165) is 0 Å². The van der Waals surface area contributed by atoms with Crippen LogP contribution in [-0.4, -0.2) is 22.0 Å². The van der Waals surface area contributed by atoms with Gasteiger partial charge in [0.15, 0.2) is 6.10 Å². The van der Waals surface area contributed by atoms with Gasteiger partial charge in [0.1, 0.15) is 5.75 Å². The zero-order valence-corrected chi connectivity index (χ0v) is 11.0. The lowest BCUT2D eigenvalue weighted by molar-refractivity contribution is -0.122. The molecule has 2 aromatic rings. The summed E-state index contributed by atoms with van der Waals surface area (Å²) in [4.78, 5) is 19.7. The summed E-state index contributed by atoms with van der Waals surface area (Å²) in [7, 11) is 0. The molecule has 0 radical (unpaired) electrons.